The molecule has 112 valence electrons. The van der Waals surface area contributed by atoms with Crippen LogP contribution < -0.4 is 10.1 Å². The third-order valence-electron chi connectivity index (χ3n) is 2.60. The van der Waals surface area contributed by atoms with Crippen LogP contribution in [0.1, 0.15) is 12.7 Å². The Labute approximate surface area is 127 Å². The van der Waals surface area contributed by atoms with Crippen molar-refractivity contribution in [3.63, 3.8) is 0 Å². The number of nitrogens with one attached hydrogen (secondary N) is 1. The van der Waals surface area contributed by atoms with Gasteiger partial charge in [0, 0.05) is 24.4 Å². The van der Waals surface area contributed by atoms with Gasteiger partial charge in [-0.25, -0.2) is 14.4 Å². The van der Waals surface area contributed by atoms with E-state index in [1.807, 2.05) is 6.92 Å². The van der Waals surface area contributed by atoms with Crippen LogP contribution in [-0.2, 0) is 11.3 Å². The van der Waals surface area contributed by atoms with Crippen molar-refractivity contribution in [3.8, 4) is 5.75 Å². The Morgan fingerprint density at radius 3 is 2.76 bits per heavy atom. The Morgan fingerprint density at radius 1 is 1.29 bits per heavy atom. The predicted octanol–water partition coefficient (Wildman–Crippen LogP) is 3.56. The second kappa shape index (κ2) is 7.19. The summed E-state index contributed by atoms with van der Waals surface area (Å²) in [4.78, 5) is 8.31. The van der Waals surface area contributed by atoms with Gasteiger partial charge in [0.15, 0.2) is 17.4 Å². The fraction of sp³-hybridized carbons (Fsp3) is 0.286. The molecule has 0 aliphatic rings. The molecule has 1 aromatic heterocycles. The first-order valence-electron chi connectivity index (χ1n) is 6.34. The fourth-order valence-corrected chi connectivity index (χ4v) is 1.88. The zero-order valence-corrected chi connectivity index (χ0v) is 12.4. The second-order valence-corrected chi connectivity index (χ2v) is 4.49. The van der Waals surface area contributed by atoms with E-state index in [1.54, 1.807) is 12.1 Å². The van der Waals surface area contributed by atoms with Crippen molar-refractivity contribution in [3.05, 3.63) is 41.1 Å². The highest BCUT2D eigenvalue weighted by Gasteiger charge is 2.07. The number of methoxy groups -OCH3 is 1. The first-order chi connectivity index (χ1) is 10.1. The van der Waals surface area contributed by atoms with Crippen molar-refractivity contribution in [1.82, 2.24) is 9.97 Å². The van der Waals surface area contributed by atoms with Crippen LogP contribution in [0.4, 0.5) is 15.9 Å². The van der Waals surface area contributed by atoms with E-state index in [4.69, 9.17) is 21.1 Å². The van der Waals surface area contributed by atoms with Crippen molar-refractivity contribution in [2.75, 3.05) is 19.0 Å². The summed E-state index contributed by atoms with van der Waals surface area (Å²) < 4.78 is 23.7. The highest BCUT2D eigenvalue weighted by Crippen LogP contribution is 2.23. The molecule has 21 heavy (non-hydrogen) atoms. The van der Waals surface area contributed by atoms with Crippen molar-refractivity contribution >= 4 is 23.1 Å². The predicted molar refractivity (Wildman–Crippen MR) is 78.6 cm³/mol. The molecular weight excluding hydrogens is 297 g/mol. The molecular formula is C14H15ClFN3O2. The van der Waals surface area contributed by atoms with E-state index in [1.165, 1.54) is 19.2 Å². The van der Waals surface area contributed by atoms with E-state index >= 15 is 0 Å². The Hall–Kier alpha value is -1.92. The van der Waals surface area contributed by atoms with Crippen LogP contribution in [0.25, 0.3) is 0 Å². The summed E-state index contributed by atoms with van der Waals surface area (Å²) in [5, 5.41) is 3.26. The summed E-state index contributed by atoms with van der Waals surface area (Å²) in [5.41, 5.74) is 0.533. The van der Waals surface area contributed by atoms with E-state index in [2.05, 4.69) is 15.3 Å². The minimum Gasteiger partial charge on any atom is -0.494 e. The van der Waals surface area contributed by atoms with Crippen molar-refractivity contribution in [1.29, 1.82) is 0 Å². The van der Waals surface area contributed by atoms with Gasteiger partial charge in [-0.3, -0.25) is 0 Å². The molecule has 0 aliphatic heterocycles. The molecule has 1 heterocycles. The normalized spacial score (nSPS) is 10.5. The van der Waals surface area contributed by atoms with E-state index < -0.39 is 5.82 Å². The summed E-state index contributed by atoms with van der Waals surface area (Å²) in [6.45, 7) is 2.70. The van der Waals surface area contributed by atoms with Gasteiger partial charge in [-0.15, -0.1) is 0 Å². The first-order valence-corrected chi connectivity index (χ1v) is 6.72. The number of hydrogen-bond donors (Lipinski definition) is 1. The van der Waals surface area contributed by atoms with E-state index in [9.17, 15) is 4.39 Å². The first kappa shape index (κ1) is 15.5. The Bertz CT molecular complexity index is 625. The maximum Gasteiger partial charge on any atom is 0.167 e. The summed E-state index contributed by atoms with van der Waals surface area (Å²) in [7, 11) is 1.41. The van der Waals surface area contributed by atoms with Gasteiger partial charge in [0.2, 0.25) is 0 Å². The van der Waals surface area contributed by atoms with Gasteiger partial charge in [-0.05, 0) is 19.1 Å². The number of anilines is 2. The van der Waals surface area contributed by atoms with Crippen LogP contribution in [0, 0.1) is 5.82 Å². The smallest absolute Gasteiger partial charge is 0.167 e. The maximum atomic E-state index is 13.6. The molecule has 1 N–H and O–H groups in total. The highest BCUT2D eigenvalue weighted by atomic mass is 35.5. The average molecular weight is 312 g/mol. The molecule has 0 radical (unpaired) electrons. The van der Waals surface area contributed by atoms with Crippen LogP contribution in [0.2, 0.25) is 5.15 Å². The van der Waals surface area contributed by atoms with Crippen LogP contribution in [-0.4, -0.2) is 23.7 Å². The number of rotatable bonds is 6. The standard InChI is InChI=1S/C14H15ClFN3O2/c1-3-21-8-14-18-12(15)7-13(19-14)17-9-4-5-11(20-2)10(16)6-9/h4-7H,3,8H2,1-2H3,(H,17,18,19). The quantitative estimate of drug-likeness (QED) is 0.827. The minimum atomic E-state index is -0.461. The molecule has 0 spiro atoms. The summed E-state index contributed by atoms with van der Waals surface area (Å²) in [6, 6.07) is 6.08. The molecule has 0 saturated heterocycles. The molecule has 0 fully saturated rings. The third-order valence-corrected chi connectivity index (χ3v) is 2.79. The number of halogens is 2. The number of nitrogens with zero attached hydrogens (tertiary/aromatic N) is 2. The van der Waals surface area contributed by atoms with Crippen LogP contribution in [0.15, 0.2) is 24.3 Å². The molecule has 7 heteroatoms. The molecule has 2 aromatic rings. The molecule has 0 saturated carbocycles. The number of benzene rings is 1. The molecule has 5 nitrogen and oxygen atoms in total. The number of ether oxygens (including phenoxy) is 2. The zero-order chi connectivity index (χ0) is 15.2. The molecule has 0 bridgehead atoms. The summed E-state index contributed by atoms with van der Waals surface area (Å²) in [5.74, 6) is 0.644. The number of aromatic nitrogens is 2. The largest absolute Gasteiger partial charge is 0.494 e. The van der Waals surface area contributed by atoms with Crippen LogP contribution in [0.3, 0.4) is 0 Å². The van der Waals surface area contributed by atoms with Gasteiger partial charge in [-0.2, -0.15) is 0 Å². The minimum absolute atomic E-state index is 0.179. The Kier molecular flexibility index (Phi) is 5.30. The lowest BCUT2D eigenvalue weighted by Crippen LogP contribution is -2.03. The Morgan fingerprint density at radius 2 is 2.10 bits per heavy atom. The number of hydrogen-bond acceptors (Lipinski definition) is 5. The molecule has 0 unspecified atom stereocenters. The lowest BCUT2D eigenvalue weighted by atomic mass is 10.3. The summed E-state index contributed by atoms with van der Waals surface area (Å²) >= 11 is 5.93. The Balaban J connectivity index is 2.18. The van der Waals surface area contributed by atoms with Crippen LogP contribution in [0.5, 0.6) is 5.75 Å². The van der Waals surface area contributed by atoms with Crippen LogP contribution >= 0.6 is 11.6 Å². The molecule has 0 atom stereocenters. The van der Waals surface area contributed by atoms with Crippen molar-refractivity contribution in [2.24, 2.45) is 0 Å². The molecule has 0 aliphatic carbocycles. The maximum absolute atomic E-state index is 13.6. The molecule has 2 rings (SSSR count). The van der Waals surface area contributed by atoms with Gasteiger partial charge < -0.3 is 14.8 Å². The van der Waals surface area contributed by atoms with Gasteiger partial charge in [0.1, 0.15) is 17.6 Å². The highest BCUT2D eigenvalue weighted by molar-refractivity contribution is 6.29. The van der Waals surface area contributed by atoms with Gasteiger partial charge in [0.05, 0.1) is 7.11 Å². The molecule has 0 amide bonds. The monoisotopic (exact) mass is 311 g/mol. The zero-order valence-electron chi connectivity index (χ0n) is 11.7. The topological polar surface area (TPSA) is 56.3 Å². The second-order valence-electron chi connectivity index (χ2n) is 4.10. The lowest BCUT2D eigenvalue weighted by Gasteiger charge is -2.09. The van der Waals surface area contributed by atoms with Gasteiger partial charge in [0.25, 0.3) is 0 Å². The van der Waals surface area contributed by atoms with E-state index in [0.29, 0.717) is 23.9 Å². The van der Waals surface area contributed by atoms with E-state index in [-0.39, 0.29) is 17.5 Å². The lowest BCUT2D eigenvalue weighted by molar-refractivity contribution is 0.128. The van der Waals surface area contributed by atoms with E-state index in [0.717, 1.165) is 0 Å². The SMILES string of the molecule is CCOCc1nc(Cl)cc(Nc2ccc(OC)c(F)c2)n1. The summed E-state index contributed by atoms with van der Waals surface area (Å²) in [6.07, 6.45) is 0. The van der Waals surface area contributed by atoms with Crippen molar-refractivity contribution < 1.29 is 13.9 Å². The average Bonchev–Trinajstić information content (AvgIpc) is 2.45. The third kappa shape index (κ3) is 4.27. The van der Waals surface area contributed by atoms with Crippen molar-refractivity contribution in [2.45, 2.75) is 13.5 Å². The fourth-order valence-electron chi connectivity index (χ4n) is 1.68. The van der Waals surface area contributed by atoms with Gasteiger partial charge >= 0.3 is 0 Å². The molecule has 1 aromatic carbocycles. The van der Waals surface area contributed by atoms with Gasteiger partial charge in [-0.1, -0.05) is 11.6 Å².